The Hall–Kier alpha value is -2.43. The van der Waals surface area contributed by atoms with E-state index >= 15 is 0 Å². The first-order chi connectivity index (χ1) is 11.3. The van der Waals surface area contributed by atoms with Gasteiger partial charge < -0.3 is 0 Å². The Morgan fingerprint density at radius 3 is 1.48 bits per heavy atom. The molecule has 112 valence electrons. The Labute approximate surface area is 139 Å². The van der Waals surface area contributed by atoms with Crippen molar-refractivity contribution < 1.29 is 0 Å². The first-order valence-electron chi connectivity index (χ1n) is 7.73. The van der Waals surface area contributed by atoms with Crippen LogP contribution >= 0.6 is 7.26 Å². The van der Waals surface area contributed by atoms with Crippen molar-refractivity contribution in [1.29, 1.82) is 0 Å². The lowest BCUT2D eigenvalue weighted by molar-refractivity contribution is 1.66. The summed E-state index contributed by atoms with van der Waals surface area (Å²) in [6.45, 7) is 4.20. The molecule has 0 saturated heterocycles. The Morgan fingerprint density at radius 2 is 1.04 bits per heavy atom. The normalized spacial score (nSPS) is 11.5. The fourth-order valence-corrected chi connectivity index (χ4v) is 5.63. The third kappa shape index (κ3) is 3.33. The number of hydrogen-bond donors (Lipinski definition) is 0. The number of rotatable bonds is 5. The van der Waals surface area contributed by atoms with Crippen molar-refractivity contribution in [3.8, 4) is 0 Å². The number of benzene rings is 3. The highest BCUT2D eigenvalue weighted by Gasteiger charge is 2.37. The van der Waals surface area contributed by atoms with Gasteiger partial charge in [0, 0.05) is 0 Å². The van der Waals surface area contributed by atoms with E-state index in [9.17, 15) is 0 Å². The largest absolute Gasteiger partial charge is 0.129 e. The van der Waals surface area contributed by atoms with Gasteiger partial charge in [-0.2, -0.15) is 0 Å². The van der Waals surface area contributed by atoms with Crippen LogP contribution in [-0.2, 0) is 0 Å². The zero-order valence-electron chi connectivity index (χ0n) is 13.0. The summed E-state index contributed by atoms with van der Waals surface area (Å²) in [7, 11) is -1.76. The van der Waals surface area contributed by atoms with Gasteiger partial charge in [0.1, 0.15) is 17.9 Å². The van der Waals surface area contributed by atoms with Crippen LogP contribution in [0, 0.1) is 0 Å². The van der Waals surface area contributed by atoms with Crippen molar-refractivity contribution in [3.63, 3.8) is 0 Å². The van der Waals surface area contributed by atoms with Gasteiger partial charge in [-0.15, -0.1) is 0 Å². The maximum absolute atomic E-state index is 4.20. The first-order valence-corrected chi connectivity index (χ1v) is 9.65. The Kier molecular flexibility index (Phi) is 4.86. The van der Waals surface area contributed by atoms with Gasteiger partial charge in [-0.25, -0.2) is 0 Å². The van der Waals surface area contributed by atoms with Gasteiger partial charge in [0.05, 0.1) is 11.6 Å². The monoisotopic (exact) mass is 315 g/mol. The summed E-state index contributed by atoms with van der Waals surface area (Å²) >= 11 is 0. The van der Waals surface area contributed by atoms with Crippen LogP contribution in [0.4, 0.5) is 0 Å². The summed E-state index contributed by atoms with van der Waals surface area (Å²) in [6.07, 6.45) is 2.22. The molecule has 0 heterocycles. The fourth-order valence-electron chi connectivity index (χ4n) is 2.71. The highest BCUT2D eigenvalue weighted by atomic mass is 31.2. The van der Waals surface area contributed by atoms with Gasteiger partial charge >= 0.3 is 0 Å². The van der Waals surface area contributed by atoms with Gasteiger partial charge in [-0.05, 0) is 35.9 Å². The summed E-state index contributed by atoms with van der Waals surface area (Å²) in [5.41, 5.74) is 1.21. The molecule has 1 heteroatoms. The molecular weight excluding hydrogens is 295 g/mol. The van der Waals surface area contributed by atoms with Crippen LogP contribution in [-0.4, -0.2) is 0 Å². The van der Waals surface area contributed by atoms with Crippen LogP contribution in [0.2, 0.25) is 0 Å². The van der Waals surface area contributed by atoms with E-state index in [1.54, 1.807) is 0 Å². The number of hydrogen-bond acceptors (Lipinski definition) is 0. The molecule has 0 aromatic heterocycles. The molecule has 0 atom stereocenters. The minimum Gasteiger partial charge on any atom is -0.0627 e. The molecule has 0 unspecified atom stereocenters. The van der Waals surface area contributed by atoms with Crippen LogP contribution in [0.3, 0.4) is 0 Å². The molecule has 0 fully saturated rings. The molecule has 0 saturated carbocycles. The molecule has 0 aliphatic heterocycles. The quantitative estimate of drug-likeness (QED) is 0.548. The van der Waals surface area contributed by atoms with Crippen molar-refractivity contribution in [2.75, 3.05) is 0 Å². The molecule has 3 rings (SSSR count). The molecule has 0 radical (unpaired) electrons. The van der Waals surface area contributed by atoms with Gasteiger partial charge in [-0.1, -0.05) is 73.3 Å². The van der Waals surface area contributed by atoms with E-state index in [1.807, 2.05) is 6.07 Å². The minimum atomic E-state index is -1.76. The van der Waals surface area contributed by atoms with Crippen LogP contribution in [0.15, 0.2) is 109 Å². The lowest BCUT2D eigenvalue weighted by Gasteiger charge is -2.19. The van der Waals surface area contributed by atoms with Gasteiger partial charge in [0.2, 0.25) is 0 Å². The summed E-state index contributed by atoms with van der Waals surface area (Å²) < 4.78 is 0. The third-order valence-corrected chi connectivity index (χ3v) is 7.46. The molecule has 3 aromatic rings. The Balaban J connectivity index is 2.14. The summed E-state index contributed by atoms with van der Waals surface area (Å²) in [5, 5.41) is 2.65. The van der Waals surface area contributed by atoms with Gasteiger partial charge in [-0.3, -0.25) is 0 Å². The molecule has 0 spiro atoms. The van der Waals surface area contributed by atoms with Gasteiger partial charge in [0.25, 0.3) is 0 Å². The third-order valence-electron chi connectivity index (χ3n) is 3.96. The van der Waals surface area contributed by atoms with E-state index in [4.69, 9.17) is 0 Å². The zero-order chi connectivity index (χ0) is 16.0. The van der Waals surface area contributed by atoms with Crippen LogP contribution < -0.4 is 10.6 Å². The lowest BCUT2D eigenvalue weighted by Crippen LogP contribution is -2.18. The van der Waals surface area contributed by atoms with Crippen LogP contribution in [0.25, 0.3) is 6.08 Å². The van der Waals surface area contributed by atoms with E-state index in [-0.39, 0.29) is 0 Å². The second-order valence-electron chi connectivity index (χ2n) is 5.36. The maximum Gasteiger partial charge on any atom is 0.129 e. The van der Waals surface area contributed by atoms with Crippen molar-refractivity contribution >= 4 is 23.9 Å². The smallest absolute Gasteiger partial charge is 0.0627 e. The maximum atomic E-state index is 4.20. The average Bonchev–Trinajstić information content (AvgIpc) is 2.65. The van der Waals surface area contributed by atoms with E-state index in [2.05, 4.69) is 109 Å². The molecule has 0 aliphatic rings. The molecular formula is C22H20P+. The average molecular weight is 315 g/mol. The van der Waals surface area contributed by atoms with E-state index < -0.39 is 7.26 Å². The Morgan fingerprint density at radius 1 is 0.609 bits per heavy atom. The van der Waals surface area contributed by atoms with E-state index in [1.165, 1.54) is 16.2 Å². The lowest BCUT2D eigenvalue weighted by atomic mass is 10.2. The highest BCUT2D eigenvalue weighted by molar-refractivity contribution is 7.94. The predicted molar refractivity (Wildman–Crippen MR) is 105 cm³/mol. The Bertz CT molecular complexity index is 734. The summed E-state index contributed by atoms with van der Waals surface area (Å²) in [4.78, 5) is 0. The fraction of sp³-hybridized carbons (Fsp3) is 0. The van der Waals surface area contributed by atoms with E-state index in [0.29, 0.717) is 0 Å². The highest BCUT2D eigenvalue weighted by Crippen LogP contribution is 2.59. The van der Waals surface area contributed by atoms with Crippen molar-refractivity contribution in [1.82, 2.24) is 0 Å². The minimum absolute atomic E-state index is 1.21. The van der Waals surface area contributed by atoms with Crippen molar-refractivity contribution in [2.24, 2.45) is 0 Å². The van der Waals surface area contributed by atoms with Gasteiger partial charge in [0.15, 0.2) is 0 Å². The SMILES string of the molecule is C=C[P+](C=Cc1ccccc1)(c1ccccc1)c1ccccc1. The van der Waals surface area contributed by atoms with E-state index in [0.717, 1.165) is 0 Å². The molecule has 0 nitrogen and oxygen atoms in total. The molecule has 0 aliphatic carbocycles. The zero-order valence-corrected chi connectivity index (χ0v) is 13.9. The molecule has 0 N–H and O–H groups in total. The van der Waals surface area contributed by atoms with Crippen LogP contribution in [0.5, 0.6) is 0 Å². The first kappa shape index (κ1) is 15.5. The second kappa shape index (κ2) is 7.22. The predicted octanol–water partition coefficient (Wildman–Crippen LogP) is 5.47. The van der Waals surface area contributed by atoms with Crippen molar-refractivity contribution in [2.45, 2.75) is 0 Å². The molecule has 0 amide bonds. The van der Waals surface area contributed by atoms with Crippen molar-refractivity contribution in [3.05, 3.63) is 115 Å². The molecule has 3 aromatic carbocycles. The molecule has 0 bridgehead atoms. The topological polar surface area (TPSA) is 0 Å². The second-order valence-corrected chi connectivity index (χ2v) is 8.61. The standard InChI is InChI=1S/C22H20P/c1-2-23(21-14-8-4-9-15-21,22-16-10-5-11-17-22)19-18-20-12-6-3-7-13-20/h2-19H,1H2/q+1. The summed E-state index contributed by atoms with van der Waals surface area (Å²) in [6, 6.07) is 31.8. The van der Waals surface area contributed by atoms with Crippen LogP contribution in [0.1, 0.15) is 5.56 Å². The summed E-state index contributed by atoms with van der Waals surface area (Å²) in [5.74, 6) is 4.48. The molecule has 23 heavy (non-hydrogen) atoms.